The SMILES string of the molecule is CS.c1ccc(-c2ccccc2-c2ccc3c(c2)c2ncccc2n3-c2ccc3oc4ccc(-n5c6ccc(-c7ccccc7-c7ccccn7)cc6c6ncccc65)cc4c3c2)nc1. The monoisotopic (exact) mass is 854 g/mol. The van der Waals surface area contributed by atoms with Gasteiger partial charge in [0.2, 0.25) is 0 Å². The van der Waals surface area contributed by atoms with Crippen molar-refractivity contribution < 1.29 is 4.42 Å². The fourth-order valence-corrected chi connectivity index (χ4v) is 9.55. The first-order valence-electron chi connectivity index (χ1n) is 21.5. The summed E-state index contributed by atoms with van der Waals surface area (Å²) in [6.45, 7) is 0. The predicted molar refractivity (Wildman–Crippen MR) is 270 cm³/mol. The summed E-state index contributed by atoms with van der Waals surface area (Å²) < 4.78 is 11.2. The molecule has 7 aromatic heterocycles. The first-order chi connectivity index (χ1) is 32.2. The van der Waals surface area contributed by atoms with Crippen molar-refractivity contribution in [2.24, 2.45) is 0 Å². The molecule has 0 unspecified atom stereocenters. The van der Waals surface area contributed by atoms with Crippen LogP contribution in [-0.4, -0.2) is 35.3 Å². The van der Waals surface area contributed by atoms with Crippen LogP contribution < -0.4 is 0 Å². The first kappa shape index (κ1) is 38.4. The van der Waals surface area contributed by atoms with Crippen LogP contribution in [0.4, 0.5) is 0 Å². The van der Waals surface area contributed by atoms with Gasteiger partial charge in [-0.1, -0.05) is 72.8 Å². The van der Waals surface area contributed by atoms with Crippen LogP contribution in [0.25, 0.3) is 122 Å². The van der Waals surface area contributed by atoms with Gasteiger partial charge in [0, 0.05) is 68.8 Å². The lowest BCUT2D eigenvalue weighted by molar-refractivity contribution is 0.669. The Morgan fingerprint density at radius 2 is 0.785 bits per heavy atom. The van der Waals surface area contributed by atoms with E-state index >= 15 is 0 Å². The molecule has 6 aromatic carbocycles. The Morgan fingerprint density at radius 1 is 0.354 bits per heavy atom. The van der Waals surface area contributed by atoms with E-state index in [1.807, 2.05) is 61.2 Å². The Balaban J connectivity index is 0.00000219. The average molecular weight is 855 g/mol. The van der Waals surface area contributed by atoms with Gasteiger partial charge in [0.15, 0.2) is 0 Å². The lowest BCUT2D eigenvalue weighted by atomic mass is 9.96. The minimum absolute atomic E-state index is 0.832. The third-order valence-electron chi connectivity index (χ3n) is 12.4. The summed E-state index contributed by atoms with van der Waals surface area (Å²) in [5.41, 5.74) is 18.4. The van der Waals surface area contributed by atoms with Gasteiger partial charge in [0.1, 0.15) is 11.2 Å². The lowest BCUT2D eigenvalue weighted by Gasteiger charge is -2.11. The number of thiol groups is 1. The Labute approximate surface area is 379 Å². The Hall–Kier alpha value is -8.33. The molecule has 0 atom stereocenters. The number of rotatable bonds is 6. The third kappa shape index (κ3) is 6.29. The van der Waals surface area contributed by atoms with Crippen molar-refractivity contribution in [1.82, 2.24) is 29.1 Å². The number of hydrogen-bond donors (Lipinski definition) is 1. The molecule has 0 N–H and O–H groups in total. The molecule has 0 aliphatic heterocycles. The Morgan fingerprint density at radius 3 is 1.23 bits per heavy atom. The molecule has 7 nitrogen and oxygen atoms in total. The fourth-order valence-electron chi connectivity index (χ4n) is 9.55. The minimum atomic E-state index is 0.832. The van der Waals surface area contributed by atoms with Crippen molar-refractivity contribution in [1.29, 1.82) is 0 Å². The van der Waals surface area contributed by atoms with Crippen molar-refractivity contribution in [3.05, 3.63) is 207 Å². The number of aromatic nitrogens is 6. The Bertz CT molecular complexity index is 3670. The smallest absolute Gasteiger partial charge is 0.135 e. The molecule has 13 aromatic rings. The van der Waals surface area contributed by atoms with Crippen LogP contribution in [-0.2, 0) is 0 Å². The number of furan rings is 1. The molecule has 0 aliphatic rings. The van der Waals surface area contributed by atoms with Crippen molar-refractivity contribution in [2.75, 3.05) is 6.26 Å². The third-order valence-corrected chi connectivity index (χ3v) is 12.4. The standard InChI is InChI=1S/C56H34N6O.CH4S/c1-3-13-41(47-15-5-7-27-57-47)39(11-1)35-19-23-49-45(31-35)55-51(17-9-29-59-55)61(49)37-21-25-53-43(33-37)44-34-38(22-26-54(44)63-53)62-50-24-20-36(32-46(50)56-52(62)18-10-30-60-56)40-12-2-4-14-42(40)48-16-6-8-28-58-48;1-2/h1-34H;2H,1H3. The van der Waals surface area contributed by atoms with E-state index in [0.717, 1.165) is 122 Å². The number of benzene rings is 6. The van der Waals surface area contributed by atoms with Crippen LogP contribution in [0.1, 0.15) is 0 Å². The summed E-state index contributed by atoms with van der Waals surface area (Å²) in [5, 5.41) is 4.25. The van der Waals surface area contributed by atoms with Gasteiger partial charge in [-0.25, -0.2) is 0 Å². The minimum Gasteiger partial charge on any atom is -0.456 e. The zero-order valence-electron chi connectivity index (χ0n) is 35.2. The molecule has 0 fully saturated rings. The van der Waals surface area contributed by atoms with Gasteiger partial charge >= 0.3 is 0 Å². The molecular weight excluding hydrogens is 817 g/mol. The Kier molecular flexibility index (Phi) is 9.31. The highest BCUT2D eigenvalue weighted by molar-refractivity contribution is 7.79. The van der Waals surface area contributed by atoms with E-state index in [9.17, 15) is 0 Å². The molecule has 0 saturated heterocycles. The summed E-state index contributed by atoms with van der Waals surface area (Å²) in [6, 6.07) is 63.7. The maximum atomic E-state index is 6.52. The van der Waals surface area contributed by atoms with Crippen LogP contribution in [0.3, 0.4) is 0 Å². The molecule has 13 rings (SSSR count). The van der Waals surface area contributed by atoms with E-state index in [4.69, 9.17) is 14.4 Å². The summed E-state index contributed by atoms with van der Waals surface area (Å²) in [5.74, 6) is 0. The van der Waals surface area contributed by atoms with E-state index < -0.39 is 0 Å². The summed E-state index contributed by atoms with van der Waals surface area (Å²) in [6.07, 6.45) is 9.13. The largest absolute Gasteiger partial charge is 0.456 e. The van der Waals surface area contributed by atoms with Gasteiger partial charge in [0.25, 0.3) is 0 Å². The molecule has 65 heavy (non-hydrogen) atoms. The van der Waals surface area contributed by atoms with Crippen molar-refractivity contribution >= 4 is 78.4 Å². The van der Waals surface area contributed by atoms with E-state index in [1.165, 1.54) is 0 Å². The first-order valence-corrected chi connectivity index (χ1v) is 22.4. The number of nitrogens with zero attached hydrogens (tertiary/aromatic N) is 6. The van der Waals surface area contributed by atoms with Crippen molar-refractivity contribution in [2.45, 2.75) is 0 Å². The van der Waals surface area contributed by atoms with Crippen LogP contribution >= 0.6 is 12.6 Å². The van der Waals surface area contributed by atoms with E-state index in [0.29, 0.717) is 0 Å². The molecule has 0 amide bonds. The van der Waals surface area contributed by atoms with Gasteiger partial charge in [-0.15, -0.1) is 0 Å². The summed E-state index contributed by atoms with van der Waals surface area (Å²) >= 11 is 3.53. The number of hydrogen-bond acceptors (Lipinski definition) is 6. The normalized spacial score (nSPS) is 11.5. The summed E-state index contributed by atoms with van der Waals surface area (Å²) in [4.78, 5) is 19.2. The molecule has 0 spiro atoms. The van der Waals surface area contributed by atoms with Crippen LogP contribution in [0, 0.1) is 0 Å². The quantitative estimate of drug-likeness (QED) is 0.169. The van der Waals surface area contributed by atoms with Gasteiger partial charge < -0.3 is 13.6 Å². The van der Waals surface area contributed by atoms with Crippen molar-refractivity contribution in [3.63, 3.8) is 0 Å². The highest BCUT2D eigenvalue weighted by Crippen LogP contribution is 2.41. The second-order valence-corrected chi connectivity index (χ2v) is 15.9. The molecule has 308 valence electrons. The molecule has 0 aliphatic carbocycles. The molecule has 7 heterocycles. The van der Waals surface area contributed by atoms with E-state index in [-0.39, 0.29) is 0 Å². The molecule has 0 saturated carbocycles. The maximum absolute atomic E-state index is 6.52. The molecule has 0 radical (unpaired) electrons. The maximum Gasteiger partial charge on any atom is 0.135 e. The second kappa shape index (κ2) is 15.8. The van der Waals surface area contributed by atoms with Crippen molar-refractivity contribution in [3.8, 4) is 56.1 Å². The van der Waals surface area contributed by atoms with Gasteiger partial charge in [-0.05, 0) is 138 Å². The van der Waals surface area contributed by atoms with E-state index in [1.54, 1.807) is 6.26 Å². The molecular formula is C57H38N6OS. The van der Waals surface area contributed by atoms with Gasteiger partial charge in [-0.2, -0.15) is 12.6 Å². The van der Waals surface area contributed by atoms with Gasteiger partial charge in [0.05, 0.1) is 44.5 Å². The number of fused-ring (bicyclic) bond motifs is 9. The molecule has 0 bridgehead atoms. The fraction of sp³-hybridized carbons (Fsp3) is 0.0175. The average Bonchev–Trinajstić information content (AvgIpc) is 4.04. The highest BCUT2D eigenvalue weighted by Gasteiger charge is 2.20. The summed E-state index contributed by atoms with van der Waals surface area (Å²) in [7, 11) is 0. The van der Waals surface area contributed by atoms with Crippen LogP contribution in [0.2, 0.25) is 0 Å². The lowest BCUT2D eigenvalue weighted by Crippen LogP contribution is -1.94. The molecule has 8 heteroatoms. The predicted octanol–water partition coefficient (Wildman–Crippen LogP) is 14.6. The highest BCUT2D eigenvalue weighted by atomic mass is 32.1. The topological polar surface area (TPSA) is 74.6 Å². The number of pyridine rings is 4. The zero-order valence-corrected chi connectivity index (χ0v) is 36.1. The van der Waals surface area contributed by atoms with Crippen LogP contribution in [0.15, 0.2) is 211 Å². The van der Waals surface area contributed by atoms with Crippen LogP contribution in [0.5, 0.6) is 0 Å². The van der Waals surface area contributed by atoms with Gasteiger partial charge in [-0.3, -0.25) is 19.9 Å². The zero-order chi connectivity index (χ0) is 43.4. The van der Waals surface area contributed by atoms with E-state index in [2.05, 4.69) is 177 Å². The second-order valence-electron chi connectivity index (χ2n) is 15.9.